The van der Waals surface area contributed by atoms with Gasteiger partial charge in [0.15, 0.2) is 12.4 Å². The van der Waals surface area contributed by atoms with Crippen LogP contribution in [-0.2, 0) is 11.3 Å². The number of hydrogen-bond acceptors (Lipinski definition) is 3. The fourth-order valence-corrected chi connectivity index (χ4v) is 2.58. The van der Waals surface area contributed by atoms with Crippen molar-refractivity contribution in [3.05, 3.63) is 59.7 Å². The number of nitrogens with one attached hydrogen (secondary N) is 1. The van der Waals surface area contributed by atoms with Crippen molar-refractivity contribution in [2.24, 2.45) is 0 Å². The molecule has 1 aliphatic rings. The summed E-state index contributed by atoms with van der Waals surface area (Å²) in [4.78, 5) is 26.0. The summed E-state index contributed by atoms with van der Waals surface area (Å²) in [7, 11) is 0. The first-order chi connectivity index (χ1) is 11.2. The molecule has 23 heavy (non-hydrogen) atoms. The maximum absolute atomic E-state index is 12.9. The molecular weight excluding hydrogens is 292 g/mol. The normalized spacial score (nSPS) is 12.8. The second kappa shape index (κ2) is 6.52. The van der Waals surface area contributed by atoms with Gasteiger partial charge in [0.25, 0.3) is 11.8 Å². The topological polar surface area (TPSA) is 58.6 Å². The summed E-state index contributed by atoms with van der Waals surface area (Å²) < 4.78 is 5.47. The van der Waals surface area contributed by atoms with Crippen molar-refractivity contribution in [1.82, 2.24) is 4.90 Å². The molecule has 0 fully saturated rings. The molecule has 0 unspecified atom stereocenters. The highest BCUT2D eigenvalue weighted by Crippen LogP contribution is 2.32. The molecule has 5 heteroatoms. The fraction of sp³-hybridized carbons (Fsp3) is 0.222. The van der Waals surface area contributed by atoms with Gasteiger partial charge in [0.2, 0.25) is 0 Å². The van der Waals surface area contributed by atoms with Crippen LogP contribution in [0.4, 0.5) is 5.69 Å². The summed E-state index contributed by atoms with van der Waals surface area (Å²) in [6.07, 6.45) is 0. The summed E-state index contributed by atoms with van der Waals surface area (Å²) in [5.74, 6) is 0.131. The summed E-state index contributed by atoms with van der Waals surface area (Å²) in [6.45, 7) is 3.00. The number of hydrogen-bond donors (Lipinski definition) is 1. The smallest absolute Gasteiger partial charge is 0.262 e. The predicted molar refractivity (Wildman–Crippen MR) is 87.4 cm³/mol. The van der Waals surface area contributed by atoms with Gasteiger partial charge in [0, 0.05) is 13.1 Å². The molecule has 1 aliphatic heterocycles. The van der Waals surface area contributed by atoms with Crippen molar-refractivity contribution < 1.29 is 14.3 Å². The first-order valence-corrected chi connectivity index (χ1v) is 7.58. The lowest BCUT2D eigenvalue weighted by molar-refractivity contribution is -0.118. The highest BCUT2D eigenvalue weighted by molar-refractivity contribution is 6.03. The van der Waals surface area contributed by atoms with Crippen LogP contribution in [-0.4, -0.2) is 29.9 Å². The maximum atomic E-state index is 12.9. The van der Waals surface area contributed by atoms with Crippen LogP contribution in [0.2, 0.25) is 0 Å². The van der Waals surface area contributed by atoms with Crippen LogP contribution in [0.5, 0.6) is 5.75 Å². The second-order valence-corrected chi connectivity index (χ2v) is 5.32. The molecule has 118 valence electrons. The number of anilines is 1. The van der Waals surface area contributed by atoms with Crippen molar-refractivity contribution in [2.75, 3.05) is 18.5 Å². The van der Waals surface area contributed by atoms with E-state index in [2.05, 4.69) is 5.32 Å². The standard InChI is InChI=1S/C18H18N2O3/c1-2-20(11-13-7-4-3-5-8-13)18(22)14-9-6-10-15-17(14)23-12-16(21)19-15/h3-10H,2,11-12H2,1H3,(H,19,21). The predicted octanol–water partition coefficient (Wildman–Crippen LogP) is 2.68. The highest BCUT2D eigenvalue weighted by atomic mass is 16.5. The minimum absolute atomic E-state index is 0.0674. The number of ether oxygens (including phenoxy) is 1. The number of carbonyl (C=O) groups is 2. The molecule has 0 bridgehead atoms. The average Bonchev–Trinajstić information content (AvgIpc) is 2.59. The van der Waals surface area contributed by atoms with E-state index in [1.54, 1.807) is 23.1 Å². The minimum Gasteiger partial charge on any atom is -0.481 e. The molecule has 0 aliphatic carbocycles. The Bertz CT molecular complexity index is 728. The minimum atomic E-state index is -0.210. The molecule has 0 saturated carbocycles. The van der Waals surface area contributed by atoms with Gasteiger partial charge in [0.1, 0.15) is 0 Å². The summed E-state index contributed by atoms with van der Waals surface area (Å²) in [6, 6.07) is 15.1. The van der Waals surface area contributed by atoms with Crippen LogP contribution in [0.15, 0.2) is 48.5 Å². The van der Waals surface area contributed by atoms with E-state index in [1.807, 2.05) is 37.3 Å². The zero-order valence-corrected chi connectivity index (χ0v) is 12.9. The Balaban J connectivity index is 1.87. The SMILES string of the molecule is CCN(Cc1ccccc1)C(=O)c1cccc2c1OCC(=O)N2. The Morgan fingerprint density at radius 2 is 1.96 bits per heavy atom. The van der Waals surface area contributed by atoms with Gasteiger partial charge in [-0.2, -0.15) is 0 Å². The Labute approximate surface area is 134 Å². The lowest BCUT2D eigenvalue weighted by Gasteiger charge is -2.25. The van der Waals surface area contributed by atoms with Gasteiger partial charge in [-0.05, 0) is 24.6 Å². The van der Waals surface area contributed by atoms with E-state index in [9.17, 15) is 9.59 Å². The first kappa shape index (κ1) is 15.1. The van der Waals surface area contributed by atoms with Gasteiger partial charge < -0.3 is 15.0 Å². The van der Waals surface area contributed by atoms with Gasteiger partial charge >= 0.3 is 0 Å². The Kier molecular flexibility index (Phi) is 4.28. The molecule has 2 amide bonds. The fourth-order valence-electron chi connectivity index (χ4n) is 2.58. The molecule has 0 saturated heterocycles. The molecule has 0 atom stereocenters. The van der Waals surface area contributed by atoms with Crippen molar-refractivity contribution in [1.29, 1.82) is 0 Å². The molecule has 2 aromatic carbocycles. The third-order valence-corrected chi connectivity index (χ3v) is 3.75. The Hall–Kier alpha value is -2.82. The highest BCUT2D eigenvalue weighted by Gasteiger charge is 2.25. The van der Waals surface area contributed by atoms with Crippen LogP contribution in [0.1, 0.15) is 22.8 Å². The second-order valence-electron chi connectivity index (χ2n) is 5.32. The van der Waals surface area contributed by atoms with E-state index in [-0.39, 0.29) is 18.4 Å². The van der Waals surface area contributed by atoms with Crippen LogP contribution in [0.25, 0.3) is 0 Å². The monoisotopic (exact) mass is 310 g/mol. The van der Waals surface area contributed by atoms with Crippen LogP contribution >= 0.6 is 0 Å². The van der Waals surface area contributed by atoms with Crippen LogP contribution in [0.3, 0.4) is 0 Å². The van der Waals surface area contributed by atoms with Crippen LogP contribution < -0.4 is 10.1 Å². The quantitative estimate of drug-likeness (QED) is 0.944. The molecule has 0 radical (unpaired) electrons. The molecule has 3 rings (SSSR count). The Morgan fingerprint density at radius 1 is 1.17 bits per heavy atom. The zero-order chi connectivity index (χ0) is 16.2. The number of amides is 2. The number of carbonyl (C=O) groups excluding carboxylic acids is 2. The number of benzene rings is 2. The molecule has 1 heterocycles. The van der Waals surface area contributed by atoms with Gasteiger partial charge in [-0.15, -0.1) is 0 Å². The molecule has 1 N–H and O–H groups in total. The lowest BCUT2D eigenvalue weighted by atomic mass is 10.1. The van der Waals surface area contributed by atoms with E-state index in [1.165, 1.54) is 0 Å². The average molecular weight is 310 g/mol. The third-order valence-electron chi connectivity index (χ3n) is 3.75. The van der Waals surface area contributed by atoms with E-state index < -0.39 is 0 Å². The lowest BCUT2D eigenvalue weighted by Crippen LogP contribution is -2.32. The van der Waals surface area contributed by atoms with Crippen molar-refractivity contribution >= 4 is 17.5 Å². The Morgan fingerprint density at radius 3 is 2.70 bits per heavy atom. The molecule has 0 aromatic heterocycles. The zero-order valence-electron chi connectivity index (χ0n) is 12.9. The summed E-state index contributed by atoms with van der Waals surface area (Å²) >= 11 is 0. The maximum Gasteiger partial charge on any atom is 0.262 e. The number of fused-ring (bicyclic) bond motifs is 1. The van der Waals surface area contributed by atoms with E-state index >= 15 is 0 Å². The number of nitrogens with zero attached hydrogens (tertiary/aromatic N) is 1. The first-order valence-electron chi connectivity index (χ1n) is 7.58. The largest absolute Gasteiger partial charge is 0.481 e. The molecule has 2 aromatic rings. The van der Waals surface area contributed by atoms with E-state index in [0.717, 1.165) is 5.56 Å². The number of para-hydroxylation sites is 1. The molecule has 5 nitrogen and oxygen atoms in total. The third kappa shape index (κ3) is 3.18. The van der Waals surface area contributed by atoms with E-state index in [0.29, 0.717) is 30.1 Å². The summed E-state index contributed by atoms with van der Waals surface area (Å²) in [5.41, 5.74) is 2.09. The van der Waals surface area contributed by atoms with Gasteiger partial charge in [-0.1, -0.05) is 36.4 Å². The molecule has 0 spiro atoms. The van der Waals surface area contributed by atoms with Crippen molar-refractivity contribution in [2.45, 2.75) is 13.5 Å². The van der Waals surface area contributed by atoms with Gasteiger partial charge in [0.05, 0.1) is 11.3 Å². The van der Waals surface area contributed by atoms with Crippen molar-refractivity contribution in [3.8, 4) is 5.75 Å². The van der Waals surface area contributed by atoms with Crippen molar-refractivity contribution in [3.63, 3.8) is 0 Å². The molecular formula is C18H18N2O3. The van der Waals surface area contributed by atoms with Gasteiger partial charge in [-0.25, -0.2) is 0 Å². The number of rotatable bonds is 4. The van der Waals surface area contributed by atoms with E-state index in [4.69, 9.17) is 4.74 Å². The van der Waals surface area contributed by atoms with Gasteiger partial charge in [-0.3, -0.25) is 9.59 Å². The summed E-state index contributed by atoms with van der Waals surface area (Å²) in [5, 5.41) is 2.73. The van der Waals surface area contributed by atoms with Crippen LogP contribution in [0, 0.1) is 0 Å².